The summed E-state index contributed by atoms with van der Waals surface area (Å²) in [5, 5.41) is 11.9. The van der Waals surface area contributed by atoms with Crippen molar-refractivity contribution < 1.29 is 14.7 Å². The van der Waals surface area contributed by atoms with E-state index in [0.717, 1.165) is 0 Å². The van der Waals surface area contributed by atoms with Gasteiger partial charge in [0.05, 0.1) is 16.3 Å². The number of carbonyl (C=O) groups is 2. The normalized spacial score (nSPS) is 10.1. The van der Waals surface area contributed by atoms with Crippen LogP contribution in [-0.2, 0) is 0 Å². The highest BCUT2D eigenvalue weighted by Gasteiger charge is 2.12. The first kappa shape index (κ1) is 14.3. The van der Waals surface area contributed by atoms with Gasteiger partial charge in [-0.15, -0.1) is 0 Å². The molecule has 0 spiro atoms. The Morgan fingerprint density at radius 3 is 2.50 bits per heavy atom. The minimum Gasteiger partial charge on any atom is -0.478 e. The number of carbonyl (C=O) groups excluding carboxylic acids is 1. The molecule has 7 heteroatoms. The highest BCUT2D eigenvalue weighted by molar-refractivity contribution is 6.34. The zero-order valence-electron chi connectivity index (χ0n) is 9.93. The summed E-state index contributed by atoms with van der Waals surface area (Å²) in [6.45, 7) is 0. The number of nitrogens with one attached hydrogen (secondary N) is 1. The van der Waals surface area contributed by atoms with Gasteiger partial charge in [0.1, 0.15) is 5.69 Å². The van der Waals surface area contributed by atoms with Crippen LogP contribution < -0.4 is 5.32 Å². The maximum Gasteiger partial charge on any atom is 0.335 e. The molecule has 0 fully saturated rings. The number of halogens is 2. The predicted octanol–water partition coefficient (Wildman–Crippen LogP) is 3.34. The summed E-state index contributed by atoms with van der Waals surface area (Å²) in [4.78, 5) is 26.6. The van der Waals surface area contributed by atoms with Crippen LogP contribution in [0.5, 0.6) is 0 Å². The fraction of sp³-hybridized carbons (Fsp3) is 0. The molecule has 2 rings (SSSR count). The van der Waals surface area contributed by atoms with Crippen molar-refractivity contribution in [3.8, 4) is 0 Å². The van der Waals surface area contributed by atoms with Crippen LogP contribution in [0, 0.1) is 0 Å². The molecule has 0 aliphatic heterocycles. The third-order valence-corrected chi connectivity index (χ3v) is 2.97. The van der Waals surface area contributed by atoms with Gasteiger partial charge in [-0.2, -0.15) is 0 Å². The zero-order valence-corrected chi connectivity index (χ0v) is 11.4. The van der Waals surface area contributed by atoms with Crippen molar-refractivity contribution in [1.29, 1.82) is 0 Å². The lowest BCUT2D eigenvalue weighted by molar-refractivity contribution is 0.0696. The average molecular weight is 311 g/mol. The second-order valence-electron chi connectivity index (χ2n) is 3.81. The predicted molar refractivity (Wildman–Crippen MR) is 75.6 cm³/mol. The van der Waals surface area contributed by atoms with Crippen molar-refractivity contribution in [2.45, 2.75) is 0 Å². The molecule has 0 aliphatic carbocycles. The van der Waals surface area contributed by atoms with Crippen molar-refractivity contribution >= 4 is 40.8 Å². The molecule has 0 atom stereocenters. The number of amides is 1. The van der Waals surface area contributed by atoms with Crippen LogP contribution in [0.2, 0.25) is 10.0 Å². The second-order valence-corrected chi connectivity index (χ2v) is 4.66. The fourth-order valence-corrected chi connectivity index (χ4v) is 1.85. The number of hydrogen-bond donors (Lipinski definition) is 2. The van der Waals surface area contributed by atoms with E-state index in [2.05, 4.69) is 10.3 Å². The second kappa shape index (κ2) is 5.90. The van der Waals surface area contributed by atoms with E-state index in [-0.39, 0.29) is 16.3 Å². The van der Waals surface area contributed by atoms with Gasteiger partial charge in [-0.25, -0.2) is 4.79 Å². The maximum absolute atomic E-state index is 11.9. The monoisotopic (exact) mass is 310 g/mol. The molecule has 0 bridgehead atoms. The van der Waals surface area contributed by atoms with E-state index >= 15 is 0 Å². The molecule has 0 saturated heterocycles. The molecular formula is C13H8Cl2N2O3. The SMILES string of the molecule is O=C(O)c1ccc(NC(=O)c2cc(Cl)ccn2)c(Cl)c1. The molecule has 5 nitrogen and oxygen atoms in total. The Hall–Kier alpha value is -2.11. The molecule has 1 amide bonds. The van der Waals surface area contributed by atoms with Crippen molar-refractivity contribution in [2.24, 2.45) is 0 Å². The van der Waals surface area contributed by atoms with Crippen LogP contribution in [0.25, 0.3) is 0 Å². The molecule has 102 valence electrons. The van der Waals surface area contributed by atoms with Crippen LogP contribution in [0.3, 0.4) is 0 Å². The topological polar surface area (TPSA) is 79.3 Å². The lowest BCUT2D eigenvalue weighted by atomic mass is 10.2. The first-order valence-corrected chi connectivity index (χ1v) is 6.18. The Morgan fingerprint density at radius 1 is 1.15 bits per heavy atom. The summed E-state index contributed by atoms with van der Waals surface area (Å²) in [6.07, 6.45) is 1.41. The summed E-state index contributed by atoms with van der Waals surface area (Å²) >= 11 is 11.7. The number of rotatable bonds is 3. The summed E-state index contributed by atoms with van der Waals surface area (Å²) in [6, 6.07) is 6.97. The Labute approximate surface area is 124 Å². The molecule has 0 radical (unpaired) electrons. The summed E-state index contributed by atoms with van der Waals surface area (Å²) < 4.78 is 0. The Balaban J connectivity index is 2.22. The number of nitrogens with zero attached hydrogens (tertiary/aromatic N) is 1. The number of anilines is 1. The number of carboxylic acid groups (broad SMARTS) is 1. The first-order valence-electron chi connectivity index (χ1n) is 5.43. The van der Waals surface area contributed by atoms with E-state index in [1.54, 1.807) is 6.07 Å². The zero-order chi connectivity index (χ0) is 14.7. The molecule has 1 aromatic heterocycles. The quantitative estimate of drug-likeness (QED) is 0.911. The number of aromatic nitrogens is 1. The van der Waals surface area contributed by atoms with E-state index in [1.165, 1.54) is 30.5 Å². The molecule has 0 unspecified atom stereocenters. The summed E-state index contributed by atoms with van der Waals surface area (Å²) in [7, 11) is 0. The van der Waals surface area contributed by atoms with Crippen LogP contribution in [0.1, 0.15) is 20.8 Å². The van der Waals surface area contributed by atoms with Gasteiger partial charge >= 0.3 is 5.97 Å². The third-order valence-electron chi connectivity index (χ3n) is 2.42. The Bertz CT molecular complexity index is 689. The van der Waals surface area contributed by atoms with Crippen molar-refractivity contribution in [3.63, 3.8) is 0 Å². The minimum absolute atomic E-state index is 0.0360. The number of pyridine rings is 1. The number of benzene rings is 1. The standard InChI is InChI=1S/C13H8Cl2N2O3/c14-8-3-4-16-11(6-8)12(18)17-10-2-1-7(13(19)20)5-9(10)15/h1-6H,(H,17,18)(H,19,20). The summed E-state index contributed by atoms with van der Waals surface area (Å²) in [5.74, 6) is -1.58. The van der Waals surface area contributed by atoms with E-state index in [9.17, 15) is 9.59 Å². The van der Waals surface area contributed by atoms with E-state index in [1.807, 2.05) is 0 Å². The molecule has 1 heterocycles. The van der Waals surface area contributed by atoms with E-state index in [0.29, 0.717) is 10.7 Å². The Morgan fingerprint density at radius 2 is 1.90 bits per heavy atom. The smallest absolute Gasteiger partial charge is 0.335 e. The molecule has 1 aromatic carbocycles. The highest BCUT2D eigenvalue weighted by Crippen LogP contribution is 2.23. The number of aromatic carboxylic acids is 1. The van der Waals surface area contributed by atoms with Crippen molar-refractivity contribution in [3.05, 3.63) is 57.8 Å². The lowest BCUT2D eigenvalue weighted by Gasteiger charge is -2.07. The van der Waals surface area contributed by atoms with Crippen LogP contribution in [-0.4, -0.2) is 22.0 Å². The Kier molecular flexibility index (Phi) is 4.22. The number of carboxylic acids is 1. The molecule has 2 aromatic rings. The van der Waals surface area contributed by atoms with Gasteiger partial charge in [-0.3, -0.25) is 9.78 Å². The molecule has 2 N–H and O–H groups in total. The maximum atomic E-state index is 11.9. The van der Waals surface area contributed by atoms with Gasteiger partial charge in [0.2, 0.25) is 0 Å². The highest BCUT2D eigenvalue weighted by atomic mass is 35.5. The van der Waals surface area contributed by atoms with E-state index in [4.69, 9.17) is 28.3 Å². The van der Waals surface area contributed by atoms with Gasteiger partial charge in [0.25, 0.3) is 5.91 Å². The van der Waals surface area contributed by atoms with Crippen molar-refractivity contribution in [2.75, 3.05) is 5.32 Å². The summed E-state index contributed by atoms with van der Waals surface area (Å²) in [5.41, 5.74) is 0.466. The van der Waals surface area contributed by atoms with Gasteiger partial charge < -0.3 is 10.4 Å². The van der Waals surface area contributed by atoms with Crippen LogP contribution >= 0.6 is 23.2 Å². The van der Waals surface area contributed by atoms with E-state index < -0.39 is 11.9 Å². The molecule has 20 heavy (non-hydrogen) atoms. The van der Waals surface area contributed by atoms with Crippen LogP contribution in [0.4, 0.5) is 5.69 Å². The molecule has 0 aliphatic rings. The number of hydrogen-bond acceptors (Lipinski definition) is 3. The molecular weight excluding hydrogens is 303 g/mol. The third kappa shape index (κ3) is 3.26. The minimum atomic E-state index is -1.10. The van der Waals surface area contributed by atoms with Gasteiger partial charge in [-0.05, 0) is 30.3 Å². The average Bonchev–Trinajstić information content (AvgIpc) is 2.40. The van der Waals surface area contributed by atoms with Crippen LogP contribution in [0.15, 0.2) is 36.5 Å². The fourth-order valence-electron chi connectivity index (χ4n) is 1.46. The lowest BCUT2D eigenvalue weighted by Crippen LogP contribution is -2.14. The molecule has 0 saturated carbocycles. The van der Waals surface area contributed by atoms with Gasteiger partial charge in [0.15, 0.2) is 0 Å². The first-order chi connectivity index (χ1) is 9.47. The van der Waals surface area contributed by atoms with Crippen molar-refractivity contribution in [1.82, 2.24) is 4.98 Å². The largest absolute Gasteiger partial charge is 0.478 e. The van der Waals surface area contributed by atoms with Gasteiger partial charge in [-0.1, -0.05) is 23.2 Å². The van der Waals surface area contributed by atoms with Gasteiger partial charge in [0, 0.05) is 11.2 Å².